The van der Waals surface area contributed by atoms with Crippen molar-refractivity contribution in [3.05, 3.63) is 24.3 Å². The lowest BCUT2D eigenvalue weighted by atomic mass is 9.92. The first-order valence-electron chi connectivity index (χ1n) is 7.86. The van der Waals surface area contributed by atoms with Crippen molar-refractivity contribution in [2.75, 3.05) is 13.2 Å². The molecule has 2 saturated heterocycles. The fourth-order valence-corrected chi connectivity index (χ4v) is 5.17. The zero-order valence-electron chi connectivity index (χ0n) is 13.5. The molecule has 130 valence electrons. The summed E-state index contributed by atoms with van der Waals surface area (Å²) in [5, 5.41) is 7.97. The summed E-state index contributed by atoms with van der Waals surface area (Å²) in [5.74, 6) is 0.755. The second-order valence-corrected chi connectivity index (χ2v) is 8.15. The maximum atomic E-state index is 13.1. The smallest absolute Gasteiger partial charge is 0.262 e. The molecule has 24 heavy (non-hydrogen) atoms. The van der Waals surface area contributed by atoms with Gasteiger partial charge >= 0.3 is 0 Å². The molecule has 0 aromatic carbocycles. The van der Waals surface area contributed by atoms with Gasteiger partial charge < -0.3 is 13.7 Å². The van der Waals surface area contributed by atoms with Crippen molar-refractivity contribution in [3.63, 3.8) is 0 Å². The molecule has 2 aromatic rings. The summed E-state index contributed by atoms with van der Waals surface area (Å²) >= 11 is 0. The Hall–Kier alpha value is -1.78. The van der Waals surface area contributed by atoms with Gasteiger partial charge in [-0.15, -0.1) is 10.2 Å². The summed E-state index contributed by atoms with van der Waals surface area (Å²) in [7, 11) is -1.95. The van der Waals surface area contributed by atoms with E-state index in [9.17, 15) is 8.42 Å². The van der Waals surface area contributed by atoms with Gasteiger partial charge in [0, 0.05) is 33.3 Å². The number of hydrogen-bond donors (Lipinski definition) is 0. The van der Waals surface area contributed by atoms with Crippen LogP contribution in [0, 0.1) is 6.92 Å². The number of sulfonamides is 1. The standard InChI is InChI=1S/C14H19N5O4S/c1-9-16-17-14(23-9)10-5-12-11(3-4-22-12)19(6-10)24(20,21)13-7-18(2)8-15-13/h7-8,10-12H,3-6H2,1-2H3/t10-,11+,12+/m1/s1. The SMILES string of the molecule is Cc1nnc([C@@H]2C[C@@H]3OCC[C@@H]3N(S(=O)(=O)c3cn(C)cn3)C2)o1. The third-order valence-electron chi connectivity index (χ3n) is 4.61. The molecule has 2 aromatic heterocycles. The van der Waals surface area contributed by atoms with E-state index >= 15 is 0 Å². The Kier molecular flexibility index (Phi) is 3.70. The van der Waals surface area contributed by atoms with Crippen molar-refractivity contribution in [1.29, 1.82) is 0 Å². The van der Waals surface area contributed by atoms with Gasteiger partial charge in [0.05, 0.1) is 24.4 Å². The van der Waals surface area contributed by atoms with Crippen LogP contribution >= 0.6 is 0 Å². The summed E-state index contributed by atoms with van der Waals surface area (Å²) < 4.78 is 40.5. The van der Waals surface area contributed by atoms with Crippen LogP contribution in [-0.4, -0.2) is 57.8 Å². The predicted molar refractivity (Wildman–Crippen MR) is 81.6 cm³/mol. The van der Waals surface area contributed by atoms with Gasteiger partial charge in [-0.05, 0) is 12.8 Å². The Morgan fingerprint density at radius 2 is 2.17 bits per heavy atom. The molecule has 4 heterocycles. The van der Waals surface area contributed by atoms with E-state index in [1.165, 1.54) is 16.8 Å². The van der Waals surface area contributed by atoms with Gasteiger partial charge in [-0.1, -0.05) is 0 Å². The van der Waals surface area contributed by atoms with Gasteiger partial charge in [-0.2, -0.15) is 4.31 Å². The molecule has 0 saturated carbocycles. The normalized spacial score (nSPS) is 28.2. The highest BCUT2D eigenvalue weighted by atomic mass is 32.2. The van der Waals surface area contributed by atoms with Crippen molar-refractivity contribution in [2.45, 2.75) is 42.9 Å². The summed E-state index contributed by atoms with van der Waals surface area (Å²) in [5.41, 5.74) is 0. The van der Waals surface area contributed by atoms with E-state index in [1.807, 2.05) is 0 Å². The fraction of sp³-hybridized carbons (Fsp3) is 0.643. The Balaban J connectivity index is 1.69. The lowest BCUT2D eigenvalue weighted by Crippen LogP contribution is -2.51. The molecule has 10 heteroatoms. The van der Waals surface area contributed by atoms with Crippen LogP contribution in [0.15, 0.2) is 22.0 Å². The van der Waals surface area contributed by atoms with Crippen LogP contribution in [-0.2, 0) is 21.8 Å². The number of imidazole rings is 1. The minimum Gasteiger partial charge on any atom is -0.425 e. The first-order valence-corrected chi connectivity index (χ1v) is 9.30. The minimum absolute atomic E-state index is 0.0537. The number of piperidine rings is 1. The van der Waals surface area contributed by atoms with Gasteiger partial charge in [0.1, 0.15) is 0 Å². The maximum Gasteiger partial charge on any atom is 0.262 e. The Morgan fingerprint density at radius 3 is 2.83 bits per heavy atom. The highest BCUT2D eigenvalue weighted by molar-refractivity contribution is 7.89. The molecule has 2 aliphatic rings. The van der Waals surface area contributed by atoms with E-state index < -0.39 is 10.0 Å². The summed E-state index contributed by atoms with van der Waals surface area (Å²) in [6, 6.07) is -0.169. The van der Waals surface area contributed by atoms with Crippen LogP contribution in [0.5, 0.6) is 0 Å². The molecule has 0 unspecified atom stereocenters. The average molecular weight is 353 g/mol. The van der Waals surface area contributed by atoms with E-state index in [0.29, 0.717) is 37.8 Å². The zero-order chi connectivity index (χ0) is 16.9. The molecule has 0 aliphatic carbocycles. The van der Waals surface area contributed by atoms with Crippen LogP contribution in [0.3, 0.4) is 0 Å². The molecule has 4 rings (SSSR count). The number of nitrogens with zero attached hydrogens (tertiary/aromatic N) is 5. The topological polar surface area (TPSA) is 103 Å². The number of ether oxygens (including phenoxy) is 1. The molecule has 2 aliphatic heterocycles. The molecule has 0 radical (unpaired) electrons. The van der Waals surface area contributed by atoms with Crippen LogP contribution in [0.25, 0.3) is 0 Å². The van der Waals surface area contributed by atoms with Gasteiger partial charge in [-0.3, -0.25) is 0 Å². The van der Waals surface area contributed by atoms with Crippen LogP contribution in [0.2, 0.25) is 0 Å². The van der Waals surface area contributed by atoms with Crippen LogP contribution in [0.1, 0.15) is 30.5 Å². The zero-order valence-corrected chi connectivity index (χ0v) is 14.3. The molecule has 0 N–H and O–H groups in total. The molecule has 3 atom stereocenters. The molecule has 9 nitrogen and oxygen atoms in total. The van der Waals surface area contributed by atoms with Crippen LogP contribution in [0.4, 0.5) is 0 Å². The number of hydrogen-bond acceptors (Lipinski definition) is 7. The number of aryl methyl sites for hydroxylation is 2. The van der Waals surface area contributed by atoms with Crippen molar-refractivity contribution in [1.82, 2.24) is 24.1 Å². The van der Waals surface area contributed by atoms with Crippen molar-refractivity contribution in [2.24, 2.45) is 7.05 Å². The molecule has 0 bridgehead atoms. The van der Waals surface area contributed by atoms with Crippen LogP contribution < -0.4 is 0 Å². The predicted octanol–water partition coefficient (Wildman–Crippen LogP) is 0.447. The largest absolute Gasteiger partial charge is 0.425 e. The first-order chi connectivity index (χ1) is 11.4. The summed E-state index contributed by atoms with van der Waals surface area (Å²) in [4.78, 5) is 4.02. The number of aromatic nitrogens is 4. The summed E-state index contributed by atoms with van der Waals surface area (Å²) in [6.45, 7) is 2.57. The van der Waals surface area contributed by atoms with Gasteiger partial charge in [0.25, 0.3) is 10.0 Å². The highest BCUT2D eigenvalue weighted by Gasteiger charge is 2.47. The fourth-order valence-electron chi connectivity index (χ4n) is 3.47. The number of rotatable bonds is 3. The molecular weight excluding hydrogens is 334 g/mol. The van der Waals surface area contributed by atoms with Crippen molar-refractivity contribution < 1.29 is 17.6 Å². The Bertz CT molecular complexity index is 845. The van der Waals surface area contributed by atoms with Gasteiger partial charge in [0.2, 0.25) is 11.8 Å². The second-order valence-electron chi connectivity index (χ2n) is 6.31. The summed E-state index contributed by atoms with van der Waals surface area (Å²) in [6.07, 6.45) is 4.21. The monoisotopic (exact) mass is 353 g/mol. The number of fused-ring (bicyclic) bond motifs is 1. The Morgan fingerprint density at radius 1 is 1.33 bits per heavy atom. The van der Waals surface area contributed by atoms with E-state index in [-0.39, 0.29) is 23.1 Å². The van der Waals surface area contributed by atoms with E-state index in [0.717, 1.165) is 0 Å². The third kappa shape index (κ3) is 2.54. The van der Waals surface area contributed by atoms with Crippen molar-refractivity contribution >= 4 is 10.0 Å². The highest BCUT2D eigenvalue weighted by Crippen LogP contribution is 2.38. The average Bonchev–Trinajstić information content (AvgIpc) is 3.26. The van der Waals surface area contributed by atoms with Gasteiger partial charge in [-0.25, -0.2) is 13.4 Å². The van der Waals surface area contributed by atoms with E-state index in [1.54, 1.807) is 18.5 Å². The molecular formula is C14H19N5O4S. The molecule has 0 amide bonds. The third-order valence-corrected chi connectivity index (χ3v) is 6.38. The second kappa shape index (κ2) is 5.64. The maximum absolute atomic E-state index is 13.1. The molecule has 0 spiro atoms. The van der Waals surface area contributed by atoms with Gasteiger partial charge in [0.15, 0.2) is 5.03 Å². The van der Waals surface area contributed by atoms with Crippen molar-refractivity contribution in [3.8, 4) is 0 Å². The van der Waals surface area contributed by atoms with E-state index in [2.05, 4.69) is 15.2 Å². The minimum atomic E-state index is -3.70. The lowest BCUT2D eigenvalue weighted by Gasteiger charge is -2.38. The molecule has 2 fully saturated rings. The lowest BCUT2D eigenvalue weighted by molar-refractivity contribution is 0.0426. The first kappa shape index (κ1) is 15.7. The van der Waals surface area contributed by atoms with E-state index in [4.69, 9.17) is 9.15 Å². The Labute approximate surface area is 139 Å². The quantitative estimate of drug-likeness (QED) is 0.789.